The van der Waals surface area contributed by atoms with E-state index in [1.54, 1.807) is 12.1 Å². The van der Waals surface area contributed by atoms with Crippen LogP contribution < -0.4 is 4.74 Å². The van der Waals surface area contributed by atoms with Gasteiger partial charge in [-0.25, -0.2) is 8.42 Å². The SMILES string of the molecule is CCCCCC(C)(C)c1ccc(OC)c(S(=O)(=O)Cl)c1. The summed E-state index contributed by atoms with van der Waals surface area (Å²) < 4.78 is 28.3. The first-order valence-electron chi connectivity index (χ1n) is 6.85. The molecule has 5 heteroatoms. The van der Waals surface area contributed by atoms with Crippen LogP contribution in [0.3, 0.4) is 0 Å². The summed E-state index contributed by atoms with van der Waals surface area (Å²) in [6, 6.07) is 5.22. The summed E-state index contributed by atoms with van der Waals surface area (Å²) in [4.78, 5) is 0.0442. The second-order valence-electron chi connectivity index (χ2n) is 5.64. The van der Waals surface area contributed by atoms with Gasteiger partial charge in [-0.15, -0.1) is 0 Å². The molecule has 0 aliphatic heterocycles. The van der Waals surface area contributed by atoms with Crippen LogP contribution in [0.4, 0.5) is 0 Å². The highest BCUT2D eigenvalue weighted by Crippen LogP contribution is 2.35. The van der Waals surface area contributed by atoms with Gasteiger partial charge in [0.2, 0.25) is 0 Å². The summed E-state index contributed by atoms with van der Waals surface area (Å²) in [7, 11) is 3.11. The number of rotatable bonds is 7. The maximum atomic E-state index is 11.6. The molecule has 114 valence electrons. The number of halogens is 1. The molecule has 3 nitrogen and oxygen atoms in total. The van der Waals surface area contributed by atoms with Crippen LogP contribution in [0.15, 0.2) is 23.1 Å². The summed E-state index contributed by atoms with van der Waals surface area (Å²) in [5, 5.41) is 0. The fourth-order valence-electron chi connectivity index (χ4n) is 2.25. The summed E-state index contributed by atoms with van der Waals surface area (Å²) in [6.07, 6.45) is 4.48. The predicted octanol–water partition coefficient (Wildman–Crippen LogP) is 4.48. The summed E-state index contributed by atoms with van der Waals surface area (Å²) in [6.45, 7) is 6.41. The van der Waals surface area contributed by atoms with Gasteiger partial charge in [0.25, 0.3) is 9.05 Å². The Bertz CT molecular complexity index is 550. The molecule has 0 aliphatic rings. The first-order chi connectivity index (χ1) is 9.22. The zero-order valence-corrected chi connectivity index (χ0v) is 14.1. The van der Waals surface area contributed by atoms with Crippen molar-refractivity contribution >= 4 is 19.7 Å². The van der Waals surface area contributed by atoms with E-state index < -0.39 is 9.05 Å². The molecule has 0 N–H and O–H groups in total. The molecular weight excluding hydrogens is 296 g/mol. The van der Waals surface area contributed by atoms with Crippen molar-refractivity contribution in [2.24, 2.45) is 0 Å². The van der Waals surface area contributed by atoms with Crippen LogP contribution in [-0.4, -0.2) is 15.5 Å². The highest BCUT2D eigenvalue weighted by molar-refractivity contribution is 8.13. The third kappa shape index (κ3) is 4.38. The van der Waals surface area contributed by atoms with Crippen molar-refractivity contribution in [3.05, 3.63) is 23.8 Å². The molecule has 0 aromatic heterocycles. The van der Waals surface area contributed by atoms with Gasteiger partial charge in [0, 0.05) is 10.7 Å². The first-order valence-corrected chi connectivity index (χ1v) is 9.16. The molecule has 0 unspecified atom stereocenters. The fraction of sp³-hybridized carbons (Fsp3) is 0.600. The molecule has 0 saturated carbocycles. The Morgan fingerprint density at radius 2 is 1.90 bits per heavy atom. The van der Waals surface area contributed by atoms with Gasteiger partial charge in [-0.1, -0.05) is 46.1 Å². The van der Waals surface area contributed by atoms with Gasteiger partial charge < -0.3 is 4.74 Å². The molecule has 0 atom stereocenters. The molecule has 1 rings (SSSR count). The number of benzene rings is 1. The second-order valence-corrected chi connectivity index (χ2v) is 8.18. The van der Waals surface area contributed by atoms with Crippen molar-refractivity contribution in [3.8, 4) is 5.75 Å². The average molecular weight is 319 g/mol. The smallest absolute Gasteiger partial charge is 0.264 e. The lowest BCUT2D eigenvalue weighted by atomic mass is 9.80. The number of hydrogen-bond acceptors (Lipinski definition) is 3. The van der Waals surface area contributed by atoms with Gasteiger partial charge in [-0.2, -0.15) is 0 Å². The van der Waals surface area contributed by atoms with Crippen LogP contribution in [0.25, 0.3) is 0 Å². The van der Waals surface area contributed by atoms with Crippen LogP contribution in [0.2, 0.25) is 0 Å². The Balaban J connectivity index is 3.14. The van der Waals surface area contributed by atoms with Gasteiger partial charge in [-0.05, 0) is 29.5 Å². The van der Waals surface area contributed by atoms with Crippen molar-refractivity contribution in [2.45, 2.75) is 56.8 Å². The van der Waals surface area contributed by atoms with E-state index >= 15 is 0 Å². The van der Waals surface area contributed by atoms with E-state index in [1.165, 1.54) is 20.0 Å². The minimum Gasteiger partial charge on any atom is -0.495 e. The first kappa shape index (κ1) is 17.3. The molecule has 1 aromatic rings. The van der Waals surface area contributed by atoms with Crippen molar-refractivity contribution in [2.75, 3.05) is 7.11 Å². The van der Waals surface area contributed by atoms with E-state index in [0.29, 0.717) is 0 Å². The van der Waals surface area contributed by atoms with Crippen molar-refractivity contribution in [1.29, 1.82) is 0 Å². The molecular formula is C15H23ClO3S. The van der Waals surface area contributed by atoms with E-state index in [0.717, 1.165) is 18.4 Å². The maximum Gasteiger partial charge on any atom is 0.264 e. The third-order valence-electron chi connectivity index (χ3n) is 3.61. The quantitative estimate of drug-likeness (QED) is 0.550. The highest BCUT2D eigenvalue weighted by Gasteiger charge is 2.24. The lowest BCUT2D eigenvalue weighted by Gasteiger charge is -2.26. The number of hydrogen-bond donors (Lipinski definition) is 0. The molecule has 0 spiro atoms. The number of ether oxygens (including phenoxy) is 1. The molecule has 0 saturated heterocycles. The Morgan fingerprint density at radius 1 is 1.25 bits per heavy atom. The standard InChI is InChI=1S/C15H23ClO3S/c1-5-6-7-10-15(2,3)12-8-9-13(19-4)14(11-12)20(16,17)18/h8-9,11H,5-7,10H2,1-4H3. The minimum absolute atomic E-state index is 0.0442. The van der Waals surface area contributed by atoms with Crippen molar-refractivity contribution in [1.82, 2.24) is 0 Å². The monoisotopic (exact) mass is 318 g/mol. The second kappa shape index (κ2) is 6.81. The highest BCUT2D eigenvalue weighted by atomic mass is 35.7. The van der Waals surface area contributed by atoms with Gasteiger partial charge >= 0.3 is 0 Å². The zero-order chi connectivity index (χ0) is 15.4. The predicted molar refractivity (Wildman–Crippen MR) is 83.2 cm³/mol. The fourth-order valence-corrected chi connectivity index (χ4v) is 3.27. The van der Waals surface area contributed by atoms with E-state index in [4.69, 9.17) is 15.4 Å². The summed E-state index contributed by atoms with van der Waals surface area (Å²) >= 11 is 0. The lowest BCUT2D eigenvalue weighted by Crippen LogP contribution is -2.17. The molecule has 0 bridgehead atoms. The van der Waals surface area contributed by atoms with Gasteiger partial charge in [0.15, 0.2) is 0 Å². The Morgan fingerprint density at radius 3 is 2.40 bits per heavy atom. The van der Waals surface area contributed by atoms with E-state index in [-0.39, 0.29) is 16.1 Å². The van der Waals surface area contributed by atoms with Crippen molar-refractivity contribution in [3.63, 3.8) is 0 Å². The normalized spacial score (nSPS) is 12.4. The Labute approximate surface area is 126 Å². The Kier molecular flexibility index (Phi) is 5.90. The van der Waals surface area contributed by atoms with Crippen LogP contribution in [0.1, 0.15) is 52.0 Å². The van der Waals surface area contributed by atoms with Gasteiger partial charge in [0.05, 0.1) is 7.11 Å². The minimum atomic E-state index is -3.81. The Hall–Kier alpha value is -0.740. The molecule has 0 heterocycles. The average Bonchev–Trinajstić information content (AvgIpc) is 2.37. The summed E-state index contributed by atoms with van der Waals surface area (Å²) in [5.41, 5.74) is 0.881. The molecule has 1 aromatic carbocycles. The van der Waals surface area contributed by atoms with Crippen LogP contribution in [-0.2, 0) is 14.5 Å². The van der Waals surface area contributed by atoms with E-state index in [1.807, 2.05) is 6.07 Å². The van der Waals surface area contributed by atoms with Gasteiger partial charge in [-0.3, -0.25) is 0 Å². The molecule has 0 fully saturated rings. The third-order valence-corrected chi connectivity index (χ3v) is 4.96. The van der Waals surface area contributed by atoms with Gasteiger partial charge in [0.1, 0.15) is 10.6 Å². The van der Waals surface area contributed by atoms with Crippen LogP contribution >= 0.6 is 10.7 Å². The molecule has 0 radical (unpaired) electrons. The topological polar surface area (TPSA) is 43.4 Å². The van der Waals surface area contributed by atoms with Crippen LogP contribution in [0.5, 0.6) is 5.75 Å². The molecule has 20 heavy (non-hydrogen) atoms. The molecule has 0 amide bonds. The lowest BCUT2D eigenvalue weighted by molar-refractivity contribution is 0.400. The largest absolute Gasteiger partial charge is 0.495 e. The van der Waals surface area contributed by atoms with Crippen LogP contribution in [0, 0.1) is 0 Å². The van der Waals surface area contributed by atoms with E-state index in [9.17, 15) is 8.42 Å². The van der Waals surface area contributed by atoms with E-state index in [2.05, 4.69) is 20.8 Å². The van der Waals surface area contributed by atoms with Crippen molar-refractivity contribution < 1.29 is 13.2 Å². The number of unbranched alkanes of at least 4 members (excludes halogenated alkanes) is 2. The number of methoxy groups -OCH3 is 1. The molecule has 0 aliphatic carbocycles. The maximum absolute atomic E-state index is 11.6. The summed E-state index contributed by atoms with van der Waals surface area (Å²) in [5.74, 6) is 0.285. The zero-order valence-electron chi connectivity index (χ0n) is 12.6.